The first-order valence-corrected chi connectivity index (χ1v) is 8.44. The quantitative estimate of drug-likeness (QED) is 0.791. The first kappa shape index (κ1) is 17.2. The van der Waals surface area contributed by atoms with Crippen molar-refractivity contribution in [3.8, 4) is 6.07 Å². The molecule has 1 aromatic carbocycles. The Balaban J connectivity index is 1.90. The molecule has 1 saturated heterocycles. The Morgan fingerprint density at radius 1 is 1.20 bits per heavy atom. The maximum absolute atomic E-state index is 13.0. The fraction of sp³-hybridized carbons (Fsp3) is 0.474. The van der Waals surface area contributed by atoms with E-state index in [1.807, 2.05) is 26.8 Å². The molecule has 1 aliphatic heterocycles. The van der Waals surface area contributed by atoms with Crippen LogP contribution in [-0.4, -0.2) is 34.2 Å². The molecule has 1 saturated carbocycles. The molecule has 0 spiro atoms. The molecule has 130 valence electrons. The number of hydrogen-bond acceptors (Lipinski definition) is 4. The van der Waals surface area contributed by atoms with Crippen molar-refractivity contribution in [3.05, 3.63) is 29.8 Å². The van der Waals surface area contributed by atoms with Crippen LogP contribution in [0.3, 0.4) is 0 Å². The fourth-order valence-corrected chi connectivity index (χ4v) is 3.25. The summed E-state index contributed by atoms with van der Waals surface area (Å²) in [7, 11) is 0. The summed E-state index contributed by atoms with van der Waals surface area (Å²) in [6.07, 6.45) is 1.69. The smallest absolute Gasteiger partial charge is 0.257 e. The summed E-state index contributed by atoms with van der Waals surface area (Å²) >= 11 is 0. The van der Waals surface area contributed by atoms with Crippen LogP contribution in [0.25, 0.3) is 0 Å². The third kappa shape index (κ3) is 3.14. The van der Waals surface area contributed by atoms with Crippen molar-refractivity contribution in [1.82, 2.24) is 4.90 Å². The Hall–Kier alpha value is -2.68. The van der Waals surface area contributed by atoms with Gasteiger partial charge in [-0.15, -0.1) is 0 Å². The maximum Gasteiger partial charge on any atom is 0.257 e. The lowest BCUT2D eigenvalue weighted by atomic mass is 10.0. The third-order valence-corrected chi connectivity index (χ3v) is 4.58. The molecule has 1 unspecified atom stereocenters. The van der Waals surface area contributed by atoms with Gasteiger partial charge in [-0.1, -0.05) is 0 Å². The lowest BCUT2D eigenvalue weighted by molar-refractivity contribution is -0.145. The number of rotatable bonds is 3. The Kier molecular flexibility index (Phi) is 4.11. The van der Waals surface area contributed by atoms with Crippen molar-refractivity contribution >= 4 is 23.4 Å². The van der Waals surface area contributed by atoms with Crippen LogP contribution in [0.5, 0.6) is 0 Å². The second-order valence-electron chi connectivity index (χ2n) is 7.60. The average Bonchev–Trinajstić information content (AvgIpc) is 3.34. The van der Waals surface area contributed by atoms with Crippen molar-refractivity contribution in [2.45, 2.75) is 51.6 Å². The number of benzene rings is 1. The summed E-state index contributed by atoms with van der Waals surface area (Å²) in [6, 6.07) is 7.55. The molecular weight excluding hydrogens is 318 g/mol. The molecule has 3 amide bonds. The molecule has 6 heteroatoms. The molecule has 2 fully saturated rings. The summed E-state index contributed by atoms with van der Waals surface area (Å²) in [4.78, 5) is 40.9. The summed E-state index contributed by atoms with van der Waals surface area (Å²) in [6.45, 7) is 5.65. The molecule has 0 aromatic heterocycles. The highest BCUT2D eigenvalue weighted by molar-refractivity contribution is 6.23. The second kappa shape index (κ2) is 5.99. The number of carbonyl (C=O) groups is 3. The standard InChI is InChI=1S/C19H21N3O3/c1-19(2,3)22(17(24)13-6-7-13)15-10-16(23)21(18(15)25)14-8-4-12(11-20)5-9-14/h4-5,8-9,13,15H,6-7,10H2,1-3H3. The Morgan fingerprint density at radius 2 is 1.80 bits per heavy atom. The van der Waals surface area contributed by atoms with Gasteiger partial charge in [-0.2, -0.15) is 5.26 Å². The fourth-order valence-electron chi connectivity index (χ4n) is 3.25. The predicted molar refractivity (Wildman–Crippen MR) is 91.4 cm³/mol. The number of carbonyl (C=O) groups excluding carboxylic acids is 3. The van der Waals surface area contributed by atoms with Gasteiger partial charge in [0.1, 0.15) is 6.04 Å². The molecule has 25 heavy (non-hydrogen) atoms. The summed E-state index contributed by atoms with van der Waals surface area (Å²) in [5.74, 6) is -0.761. The molecule has 3 rings (SSSR count). The van der Waals surface area contributed by atoms with Crippen molar-refractivity contribution in [2.24, 2.45) is 5.92 Å². The van der Waals surface area contributed by atoms with Crippen LogP contribution in [0.15, 0.2) is 24.3 Å². The molecule has 2 aliphatic rings. The van der Waals surface area contributed by atoms with Crippen molar-refractivity contribution in [1.29, 1.82) is 5.26 Å². The van der Waals surface area contributed by atoms with Crippen LogP contribution < -0.4 is 4.90 Å². The van der Waals surface area contributed by atoms with Gasteiger partial charge in [0.15, 0.2) is 0 Å². The van der Waals surface area contributed by atoms with E-state index in [1.54, 1.807) is 29.2 Å². The number of nitrogens with zero attached hydrogens (tertiary/aromatic N) is 3. The Morgan fingerprint density at radius 3 is 2.28 bits per heavy atom. The first-order chi connectivity index (χ1) is 11.7. The van der Waals surface area contributed by atoms with Crippen LogP contribution in [0.1, 0.15) is 45.6 Å². The lowest BCUT2D eigenvalue weighted by Crippen LogP contribution is -2.55. The van der Waals surface area contributed by atoms with Gasteiger partial charge in [-0.05, 0) is 57.9 Å². The average molecular weight is 339 g/mol. The van der Waals surface area contributed by atoms with Gasteiger partial charge in [-0.25, -0.2) is 4.90 Å². The Labute approximate surface area is 147 Å². The van der Waals surface area contributed by atoms with Gasteiger partial charge in [0, 0.05) is 11.5 Å². The molecule has 6 nitrogen and oxygen atoms in total. The van der Waals surface area contributed by atoms with Crippen molar-refractivity contribution < 1.29 is 14.4 Å². The molecule has 1 atom stereocenters. The van der Waals surface area contributed by atoms with E-state index in [9.17, 15) is 14.4 Å². The van der Waals surface area contributed by atoms with Gasteiger partial charge in [0.2, 0.25) is 11.8 Å². The van der Waals surface area contributed by atoms with E-state index in [4.69, 9.17) is 5.26 Å². The minimum atomic E-state index is -0.767. The van der Waals surface area contributed by atoms with E-state index in [2.05, 4.69) is 0 Å². The third-order valence-electron chi connectivity index (χ3n) is 4.58. The molecule has 0 N–H and O–H groups in total. The van der Waals surface area contributed by atoms with E-state index in [0.717, 1.165) is 17.7 Å². The van der Waals surface area contributed by atoms with E-state index in [1.165, 1.54) is 0 Å². The highest BCUT2D eigenvalue weighted by Crippen LogP contribution is 2.37. The summed E-state index contributed by atoms with van der Waals surface area (Å²) in [5, 5.41) is 8.88. The van der Waals surface area contributed by atoms with E-state index in [0.29, 0.717) is 11.3 Å². The molecule has 0 bridgehead atoms. The zero-order valence-electron chi connectivity index (χ0n) is 14.7. The number of amides is 3. The van der Waals surface area contributed by atoms with Gasteiger partial charge in [0.25, 0.3) is 5.91 Å². The van der Waals surface area contributed by atoms with Crippen molar-refractivity contribution in [3.63, 3.8) is 0 Å². The van der Waals surface area contributed by atoms with Gasteiger partial charge in [-0.3, -0.25) is 14.4 Å². The Bertz CT molecular complexity index is 767. The zero-order chi connectivity index (χ0) is 18.4. The zero-order valence-corrected chi connectivity index (χ0v) is 14.7. The number of hydrogen-bond donors (Lipinski definition) is 0. The minimum Gasteiger partial charge on any atom is -0.325 e. The van der Waals surface area contributed by atoms with Crippen molar-refractivity contribution in [2.75, 3.05) is 4.90 Å². The largest absolute Gasteiger partial charge is 0.325 e. The normalized spacial score (nSPS) is 20.6. The monoisotopic (exact) mass is 339 g/mol. The minimum absolute atomic E-state index is 0.00539. The number of nitriles is 1. The van der Waals surface area contributed by atoms with E-state index < -0.39 is 11.6 Å². The summed E-state index contributed by atoms with van der Waals surface area (Å²) in [5.41, 5.74) is 0.352. The molecule has 1 aromatic rings. The van der Waals surface area contributed by atoms with Crippen LogP contribution in [0.2, 0.25) is 0 Å². The first-order valence-electron chi connectivity index (χ1n) is 8.44. The van der Waals surface area contributed by atoms with Gasteiger partial charge >= 0.3 is 0 Å². The van der Waals surface area contributed by atoms with Gasteiger partial charge < -0.3 is 4.90 Å². The SMILES string of the molecule is CC(C)(C)N(C(=O)C1CC1)C1CC(=O)N(c2ccc(C#N)cc2)C1=O. The molecule has 1 heterocycles. The van der Waals surface area contributed by atoms with Crippen LogP contribution in [0, 0.1) is 17.2 Å². The molecular formula is C19H21N3O3. The van der Waals surface area contributed by atoms with Crippen LogP contribution in [0.4, 0.5) is 5.69 Å². The van der Waals surface area contributed by atoms with E-state index in [-0.39, 0.29) is 30.1 Å². The topological polar surface area (TPSA) is 81.5 Å². The lowest BCUT2D eigenvalue weighted by Gasteiger charge is -2.39. The number of anilines is 1. The molecule has 1 aliphatic carbocycles. The highest BCUT2D eigenvalue weighted by atomic mass is 16.2. The second-order valence-corrected chi connectivity index (χ2v) is 7.60. The predicted octanol–water partition coefficient (Wildman–Crippen LogP) is 2.23. The van der Waals surface area contributed by atoms with Crippen LogP contribution in [-0.2, 0) is 14.4 Å². The van der Waals surface area contributed by atoms with Gasteiger partial charge in [0.05, 0.1) is 23.7 Å². The highest BCUT2D eigenvalue weighted by Gasteiger charge is 2.49. The summed E-state index contributed by atoms with van der Waals surface area (Å²) < 4.78 is 0. The van der Waals surface area contributed by atoms with Crippen LogP contribution >= 0.6 is 0 Å². The maximum atomic E-state index is 13.0. The van der Waals surface area contributed by atoms with E-state index >= 15 is 0 Å². The molecule has 0 radical (unpaired) electrons. The number of imide groups is 1.